The van der Waals surface area contributed by atoms with Crippen molar-refractivity contribution >= 4 is 0 Å². The average molecular weight is 359 g/mol. The predicted molar refractivity (Wildman–Crippen MR) is 103 cm³/mol. The van der Waals surface area contributed by atoms with Gasteiger partial charge in [-0.1, -0.05) is 43.7 Å². The molecule has 3 aromatic carbocycles. The second-order valence-corrected chi connectivity index (χ2v) is 6.99. The number of nitrogens with zero attached hydrogens (tertiary/aromatic N) is 1. The molecule has 1 nitrogen and oxygen atoms in total. The molecule has 0 aliphatic heterocycles. The van der Waals surface area contributed by atoms with Gasteiger partial charge in [-0.05, 0) is 70.8 Å². The minimum Gasteiger partial charge on any atom is -0.207 e. The van der Waals surface area contributed by atoms with Crippen LogP contribution in [-0.4, -0.2) is 0 Å². The molecule has 134 valence electrons. The third kappa shape index (κ3) is 3.02. The number of hydrogen-bond donors (Lipinski definition) is 0. The molecule has 0 radical (unpaired) electrons. The lowest BCUT2D eigenvalue weighted by atomic mass is 9.82. The molecule has 3 heteroatoms. The molecule has 3 aromatic rings. The van der Waals surface area contributed by atoms with E-state index in [2.05, 4.69) is 12.1 Å². The minimum absolute atomic E-state index is 0.217. The Bertz CT molecular complexity index is 1060. The zero-order valence-electron chi connectivity index (χ0n) is 15.2. The standard InChI is InChI=1S/C24H19F2N/c1-2-3-21-23(25)13-22-19-10-8-17(16-6-4-15(14-27)5-7-16)12-18(19)9-11-20(22)24(21)26/h4-8,10,12-13H,2-3,9,11H2,1H3. The van der Waals surface area contributed by atoms with E-state index in [4.69, 9.17) is 5.26 Å². The van der Waals surface area contributed by atoms with Crippen LogP contribution in [0.4, 0.5) is 8.78 Å². The molecule has 0 bridgehead atoms. The van der Waals surface area contributed by atoms with E-state index >= 15 is 0 Å². The second-order valence-electron chi connectivity index (χ2n) is 6.99. The molecule has 4 rings (SSSR count). The predicted octanol–water partition coefficient (Wildman–Crippen LogP) is 6.22. The van der Waals surface area contributed by atoms with E-state index in [1.165, 1.54) is 6.07 Å². The van der Waals surface area contributed by atoms with Crippen LogP contribution in [0.25, 0.3) is 22.3 Å². The van der Waals surface area contributed by atoms with E-state index in [9.17, 15) is 8.78 Å². The lowest BCUT2D eigenvalue weighted by molar-refractivity contribution is 0.542. The molecular weight excluding hydrogens is 340 g/mol. The maximum atomic E-state index is 14.8. The van der Waals surface area contributed by atoms with Crippen LogP contribution >= 0.6 is 0 Å². The molecule has 0 aromatic heterocycles. The summed E-state index contributed by atoms with van der Waals surface area (Å²) in [5, 5.41) is 8.94. The molecule has 0 N–H and O–H groups in total. The van der Waals surface area contributed by atoms with Crippen molar-refractivity contribution in [1.29, 1.82) is 5.26 Å². The van der Waals surface area contributed by atoms with Gasteiger partial charge in [-0.15, -0.1) is 0 Å². The first-order valence-corrected chi connectivity index (χ1v) is 9.26. The molecule has 0 unspecified atom stereocenters. The lowest BCUT2D eigenvalue weighted by Gasteiger charge is -2.23. The second kappa shape index (κ2) is 6.96. The van der Waals surface area contributed by atoms with E-state index in [0.717, 1.165) is 35.1 Å². The van der Waals surface area contributed by atoms with Crippen LogP contribution in [0.5, 0.6) is 0 Å². The zero-order chi connectivity index (χ0) is 19.0. The molecule has 0 saturated carbocycles. The fourth-order valence-electron chi connectivity index (χ4n) is 3.91. The van der Waals surface area contributed by atoms with Gasteiger partial charge in [-0.25, -0.2) is 8.78 Å². The van der Waals surface area contributed by atoms with Gasteiger partial charge in [0.25, 0.3) is 0 Å². The first-order valence-electron chi connectivity index (χ1n) is 9.26. The summed E-state index contributed by atoms with van der Waals surface area (Å²) in [7, 11) is 0. The van der Waals surface area contributed by atoms with Gasteiger partial charge < -0.3 is 0 Å². The van der Waals surface area contributed by atoms with Gasteiger partial charge in [0.05, 0.1) is 11.6 Å². The van der Waals surface area contributed by atoms with E-state index in [1.807, 2.05) is 31.2 Å². The van der Waals surface area contributed by atoms with E-state index in [1.54, 1.807) is 12.1 Å². The van der Waals surface area contributed by atoms with Crippen molar-refractivity contribution in [2.75, 3.05) is 0 Å². The molecule has 27 heavy (non-hydrogen) atoms. The van der Waals surface area contributed by atoms with Crippen LogP contribution in [-0.2, 0) is 19.3 Å². The van der Waals surface area contributed by atoms with Gasteiger partial charge in [-0.3, -0.25) is 0 Å². The summed E-state index contributed by atoms with van der Waals surface area (Å²) in [5.41, 5.74) is 6.24. The van der Waals surface area contributed by atoms with Gasteiger partial charge in [-0.2, -0.15) is 5.26 Å². The fourth-order valence-corrected chi connectivity index (χ4v) is 3.91. The normalized spacial score (nSPS) is 12.2. The Morgan fingerprint density at radius 1 is 0.926 bits per heavy atom. The maximum Gasteiger partial charge on any atom is 0.133 e. The van der Waals surface area contributed by atoms with Crippen molar-refractivity contribution in [1.82, 2.24) is 0 Å². The lowest BCUT2D eigenvalue weighted by Crippen LogP contribution is -2.10. The van der Waals surface area contributed by atoms with Crippen molar-refractivity contribution in [2.45, 2.75) is 32.6 Å². The van der Waals surface area contributed by atoms with Gasteiger partial charge in [0, 0.05) is 5.56 Å². The third-order valence-corrected chi connectivity index (χ3v) is 5.30. The summed E-state index contributed by atoms with van der Waals surface area (Å²) >= 11 is 0. The van der Waals surface area contributed by atoms with Crippen molar-refractivity contribution in [2.24, 2.45) is 0 Å². The molecule has 1 aliphatic rings. The van der Waals surface area contributed by atoms with Crippen LogP contribution in [0.3, 0.4) is 0 Å². The molecule has 0 fully saturated rings. The van der Waals surface area contributed by atoms with Crippen LogP contribution in [0, 0.1) is 23.0 Å². The highest BCUT2D eigenvalue weighted by Gasteiger charge is 2.24. The summed E-state index contributed by atoms with van der Waals surface area (Å²) in [6.07, 6.45) is 2.47. The Morgan fingerprint density at radius 2 is 1.67 bits per heavy atom. The first-order chi connectivity index (χ1) is 13.1. The third-order valence-electron chi connectivity index (χ3n) is 5.30. The topological polar surface area (TPSA) is 23.8 Å². The molecule has 0 saturated heterocycles. The Balaban J connectivity index is 1.78. The van der Waals surface area contributed by atoms with Gasteiger partial charge >= 0.3 is 0 Å². The molecule has 0 heterocycles. The number of halogens is 2. The minimum atomic E-state index is -0.447. The zero-order valence-corrected chi connectivity index (χ0v) is 15.2. The number of hydrogen-bond acceptors (Lipinski definition) is 1. The van der Waals surface area contributed by atoms with Gasteiger partial charge in [0.15, 0.2) is 0 Å². The fraction of sp³-hybridized carbons (Fsp3) is 0.208. The summed E-state index contributed by atoms with van der Waals surface area (Å²) < 4.78 is 29.3. The molecule has 0 atom stereocenters. The van der Waals surface area contributed by atoms with E-state index < -0.39 is 5.82 Å². The van der Waals surface area contributed by atoms with Crippen molar-refractivity contribution in [3.05, 3.63) is 82.4 Å². The number of rotatable bonds is 3. The van der Waals surface area contributed by atoms with Gasteiger partial charge in [0.2, 0.25) is 0 Å². The summed E-state index contributed by atoms with van der Waals surface area (Å²) in [6, 6.07) is 17.1. The highest BCUT2D eigenvalue weighted by molar-refractivity contribution is 5.78. The summed E-state index contributed by atoms with van der Waals surface area (Å²) in [6.45, 7) is 1.93. The largest absolute Gasteiger partial charge is 0.207 e. The van der Waals surface area contributed by atoms with Crippen LogP contribution < -0.4 is 0 Å². The molecule has 0 spiro atoms. The maximum absolute atomic E-state index is 14.8. The highest BCUT2D eigenvalue weighted by Crippen LogP contribution is 2.39. The number of fused-ring (bicyclic) bond motifs is 3. The summed E-state index contributed by atoms with van der Waals surface area (Å²) in [5.74, 6) is -0.814. The van der Waals surface area contributed by atoms with Crippen molar-refractivity contribution in [3.8, 4) is 28.3 Å². The van der Waals surface area contributed by atoms with E-state index in [-0.39, 0.29) is 11.4 Å². The summed E-state index contributed by atoms with van der Waals surface area (Å²) in [4.78, 5) is 0. The number of nitriles is 1. The SMILES string of the molecule is CCCc1c(F)cc2c(c1F)CCc1cc(-c3ccc(C#N)cc3)ccc1-2. The molecule has 0 amide bonds. The molecular formula is C24H19F2N. The average Bonchev–Trinajstić information content (AvgIpc) is 2.70. The molecule has 1 aliphatic carbocycles. The number of aryl methyl sites for hydroxylation is 1. The van der Waals surface area contributed by atoms with Crippen molar-refractivity contribution in [3.63, 3.8) is 0 Å². The van der Waals surface area contributed by atoms with Crippen molar-refractivity contribution < 1.29 is 8.78 Å². The van der Waals surface area contributed by atoms with Crippen LogP contribution in [0.1, 0.15) is 35.6 Å². The first kappa shape index (κ1) is 17.4. The highest BCUT2D eigenvalue weighted by atomic mass is 19.1. The Hall–Kier alpha value is -2.99. The van der Waals surface area contributed by atoms with Gasteiger partial charge in [0.1, 0.15) is 11.6 Å². The quantitative estimate of drug-likeness (QED) is 0.544. The monoisotopic (exact) mass is 359 g/mol. The van der Waals surface area contributed by atoms with Crippen LogP contribution in [0.15, 0.2) is 48.5 Å². The Labute approximate surface area is 157 Å². The Kier molecular flexibility index (Phi) is 4.49. The van der Waals surface area contributed by atoms with E-state index in [0.29, 0.717) is 29.5 Å². The Morgan fingerprint density at radius 3 is 2.37 bits per heavy atom. The van der Waals surface area contributed by atoms with Crippen LogP contribution in [0.2, 0.25) is 0 Å². The smallest absolute Gasteiger partial charge is 0.133 e. The number of benzene rings is 3.